The normalized spacial score (nSPS) is 14.1. The van der Waals surface area contributed by atoms with Gasteiger partial charge in [-0.3, -0.25) is 19.3 Å². The van der Waals surface area contributed by atoms with Gasteiger partial charge >= 0.3 is 0 Å². The summed E-state index contributed by atoms with van der Waals surface area (Å²) in [5.74, 6) is -0.711. The van der Waals surface area contributed by atoms with E-state index in [9.17, 15) is 14.4 Å². The van der Waals surface area contributed by atoms with Crippen LogP contribution in [0.15, 0.2) is 78.9 Å². The number of carbonyl (C=O) groups is 3. The Morgan fingerprint density at radius 1 is 0.977 bits per heavy atom. The molecule has 1 aliphatic carbocycles. The van der Waals surface area contributed by atoms with Gasteiger partial charge in [-0.05, 0) is 71.2 Å². The van der Waals surface area contributed by atoms with E-state index in [0.29, 0.717) is 22.9 Å². The Hall–Kier alpha value is -4.70. The number of amides is 3. The van der Waals surface area contributed by atoms with Crippen LogP contribution in [0, 0.1) is 0 Å². The van der Waals surface area contributed by atoms with Gasteiger partial charge in [0.1, 0.15) is 16.7 Å². The largest absolute Gasteiger partial charge is 0.497 e. The first-order valence-electron chi connectivity index (χ1n) is 14.3. The summed E-state index contributed by atoms with van der Waals surface area (Å²) in [6, 6.07) is 23.3. The van der Waals surface area contributed by atoms with E-state index in [-0.39, 0.29) is 22.8 Å². The quantitative estimate of drug-likeness (QED) is 0.218. The van der Waals surface area contributed by atoms with Crippen LogP contribution in [0.4, 0.5) is 11.4 Å². The van der Waals surface area contributed by atoms with E-state index in [2.05, 4.69) is 9.69 Å². The predicted octanol–water partition coefficient (Wildman–Crippen LogP) is 5.59. The van der Waals surface area contributed by atoms with Crippen LogP contribution in [0.25, 0.3) is 0 Å². The van der Waals surface area contributed by atoms with Crippen LogP contribution >= 0.6 is 11.5 Å². The van der Waals surface area contributed by atoms with Gasteiger partial charge in [-0.25, -0.2) is 0 Å². The van der Waals surface area contributed by atoms with E-state index in [4.69, 9.17) is 16.2 Å². The van der Waals surface area contributed by atoms with E-state index in [1.165, 1.54) is 29.7 Å². The Morgan fingerprint density at radius 2 is 1.65 bits per heavy atom. The second kappa shape index (κ2) is 13.5. The maximum absolute atomic E-state index is 14.4. The Labute approximate surface area is 255 Å². The topological polar surface area (TPSA) is 141 Å². The van der Waals surface area contributed by atoms with Gasteiger partial charge in [0.15, 0.2) is 5.69 Å². The van der Waals surface area contributed by atoms with Crippen LogP contribution in [-0.4, -0.2) is 29.2 Å². The van der Waals surface area contributed by atoms with E-state index >= 15 is 0 Å². The van der Waals surface area contributed by atoms with E-state index in [1.807, 2.05) is 54.6 Å². The molecule has 3 amide bonds. The summed E-state index contributed by atoms with van der Waals surface area (Å²) in [6.07, 6.45) is 5.91. The molecule has 0 saturated heterocycles. The predicted molar refractivity (Wildman–Crippen MR) is 168 cm³/mol. The maximum Gasteiger partial charge on any atom is 0.273 e. The molecule has 10 heteroatoms. The molecule has 222 valence electrons. The Kier molecular flexibility index (Phi) is 9.36. The molecule has 1 saturated carbocycles. The molecule has 9 nitrogen and oxygen atoms in total. The minimum Gasteiger partial charge on any atom is -0.497 e. The van der Waals surface area contributed by atoms with Gasteiger partial charge in [-0.1, -0.05) is 73.9 Å². The number of hydrogen-bond acceptors (Lipinski definition) is 7. The van der Waals surface area contributed by atoms with Gasteiger partial charge in [-0.2, -0.15) is 4.37 Å². The maximum atomic E-state index is 14.4. The van der Waals surface area contributed by atoms with Crippen molar-refractivity contribution in [2.24, 2.45) is 5.73 Å². The molecule has 5 rings (SSSR count). The zero-order chi connectivity index (χ0) is 30.3. The third-order valence-corrected chi connectivity index (χ3v) is 8.72. The van der Waals surface area contributed by atoms with E-state index in [0.717, 1.165) is 29.9 Å². The lowest BCUT2D eigenvalue weighted by Crippen LogP contribution is -2.44. The lowest BCUT2D eigenvalue weighted by molar-refractivity contribution is -0.122. The van der Waals surface area contributed by atoms with Crippen molar-refractivity contribution in [2.75, 3.05) is 17.7 Å². The smallest absolute Gasteiger partial charge is 0.273 e. The highest BCUT2D eigenvalue weighted by Gasteiger charge is 2.36. The average Bonchev–Trinajstić information content (AvgIpc) is 3.44. The average molecular weight is 598 g/mol. The van der Waals surface area contributed by atoms with Crippen LogP contribution in [0.1, 0.15) is 80.9 Å². The van der Waals surface area contributed by atoms with Crippen LogP contribution in [0.2, 0.25) is 0 Å². The third kappa shape index (κ3) is 6.70. The molecule has 0 aliphatic heterocycles. The first-order valence-corrected chi connectivity index (χ1v) is 15.1. The number of aromatic nitrogens is 1. The monoisotopic (exact) mass is 597 g/mol. The number of methoxy groups -OCH3 is 1. The molecule has 3 aromatic carbocycles. The Morgan fingerprint density at radius 3 is 2.26 bits per heavy atom. The number of rotatable bonds is 10. The van der Waals surface area contributed by atoms with Crippen molar-refractivity contribution in [3.8, 4) is 5.75 Å². The minimum atomic E-state index is -1.08. The minimum absolute atomic E-state index is 0.0273. The van der Waals surface area contributed by atoms with Crippen molar-refractivity contribution in [3.63, 3.8) is 0 Å². The molecule has 1 fully saturated rings. The highest BCUT2D eigenvalue weighted by Crippen LogP contribution is 2.37. The first kappa shape index (κ1) is 29.8. The number of nitrogens with one attached hydrogen (secondary N) is 1. The second-order valence-electron chi connectivity index (χ2n) is 10.6. The molecule has 43 heavy (non-hydrogen) atoms. The van der Waals surface area contributed by atoms with Crippen molar-refractivity contribution >= 4 is 40.6 Å². The zero-order valence-corrected chi connectivity index (χ0v) is 24.8. The van der Waals surface area contributed by atoms with Crippen LogP contribution < -0.4 is 26.4 Å². The highest BCUT2D eigenvalue weighted by molar-refractivity contribution is 7.09. The third-order valence-electron chi connectivity index (χ3n) is 7.87. The number of primary amides is 1. The fourth-order valence-electron chi connectivity index (χ4n) is 5.55. The fraction of sp³-hybridized carbons (Fsp3) is 0.273. The Balaban J connectivity index is 1.59. The number of anilines is 2. The molecule has 0 unspecified atom stereocenters. The number of ether oxygens (including phenoxy) is 1. The van der Waals surface area contributed by atoms with Gasteiger partial charge in [0.05, 0.1) is 12.8 Å². The number of nitrogens with zero attached hydrogens (tertiary/aromatic N) is 2. The lowest BCUT2D eigenvalue weighted by atomic mass is 9.84. The zero-order valence-electron chi connectivity index (χ0n) is 24.0. The van der Waals surface area contributed by atoms with Crippen LogP contribution in [-0.2, 0) is 11.3 Å². The number of hydrogen-bond donors (Lipinski definition) is 3. The van der Waals surface area contributed by atoms with Crippen molar-refractivity contribution in [1.29, 1.82) is 0 Å². The van der Waals surface area contributed by atoms with Gasteiger partial charge in [0, 0.05) is 12.2 Å². The van der Waals surface area contributed by atoms with E-state index in [1.54, 1.807) is 31.4 Å². The molecule has 1 atom stereocenters. The molecule has 1 heterocycles. The number of nitrogens with two attached hydrogens (primary N) is 2. The SMILES string of the molecule is COc1ccc([C@H](C(=O)NCc2ccccc2)N(C(=O)c2snc(C(N)=O)c2N)c2ccc(C3CCCCC3)cc2)cc1. The fourth-order valence-corrected chi connectivity index (χ4v) is 6.29. The first-order chi connectivity index (χ1) is 20.9. The summed E-state index contributed by atoms with van der Waals surface area (Å²) >= 11 is 0.783. The molecule has 5 N–H and O–H groups in total. The van der Waals surface area contributed by atoms with Crippen molar-refractivity contribution in [2.45, 2.75) is 50.6 Å². The van der Waals surface area contributed by atoms with Gasteiger partial charge < -0.3 is 21.5 Å². The molecular weight excluding hydrogens is 562 g/mol. The summed E-state index contributed by atoms with van der Waals surface area (Å²) < 4.78 is 9.38. The summed E-state index contributed by atoms with van der Waals surface area (Å²) in [6.45, 7) is 0.267. The number of benzene rings is 3. The molecule has 1 aromatic heterocycles. The lowest BCUT2D eigenvalue weighted by Gasteiger charge is -2.32. The number of nitrogen functional groups attached to an aromatic ring is 1. The Bertz CT molecular complexity index is 1570. The van der Waals surface area contributed by atoms with Gasteiger partial charge in [-0.15, -0.1) is 0 Å². The molecule has 0 bridgehead atoms. The van der Waals surface area contributed by atoms with Gasteiger partial charge in [0.25, 0.3) is 11.8 Å². The summed E-state index contributed by atoms with van der Waals surface area (Å²) in [5, 5.41) is 3.00. The van der Waals surface area contributed by atoms with Crippen LogP contribution in [0.5, 0.6) is 5.75 Å². The molecule has 0 spiro atoms. The molecule has 4 aromatic rings. The summed E-state index contributed by atoms with van der Waals surface area (Å²) in [7, 11) is 1.56. The standard InChI is InChI=1S/C33H35N5O4S/c1-42-26-18-14-24(15-19-26)29(32(40)36-20-21-8-4-2-5-9-21)38(33(41)30-27(34)28(31(35)39)37-43-30)25-16-12-23(13-17-25)22-10-6-3-7-11-22/h2,4-5,8-9,12-19,22,29H,3,6-7,10-11,20,34H2,1H3,(H2,35,39)(H,36,40)/t29-/m1/s1. The second-order valence-corrected chi connectivity index (χ2v) is 11.4. The van der Waals surface area contributed by atoms with E-state index < -0.39 is 23.8 Å². The van der Waals surface area contributed by atoms with Gasteiger partial charge in [0.2, 0.25) is 5.91 Å². The molecular formula is C33H35N5O4S. The number of carbonyl (C=O) groups excluding carboxylic acids is 3. The van der Waals surface area contributed by atoms with Crippen LogP contribution in [0.3, 0.4) is 0 Å². The van der Waals surface area contributed by atoms with Crippen molar-refractivity contribution in [1.82, 2.24) is 9.69 Å². The molecule has 0 radical (unpaired) electrons. The van der Waals surface area contributed by atoms with Crippen molar-refractivity contribution in [3.05, 3.63) is 106 Å². The summed E-state index contributed by atoms with van der Waals surface area (Å²) in [4.78, 5) is 41.8. The van der Waals surface area contributed by atoms with Crippen molar-refractivity contribution < 1.29 is 19.1 Å². The molecule has 1 aliphatic rings. The summed E-state index contributed by atoms with van der Waals surface area (Å²) in [5.41, 5.74) is 14.6. The highest BCUT2D eigenvalue weighted by atomic mass is 32.1.